The maximum absolute atomic E-state index is 12.6. The van der Waals surface area contributed by atoms with Crippen LogP contribution in [0.5, 0.6) is 11.5 Å². The van der Waals surface area contributed by atoms with E-state index in [1.54, 1.807) is 12.1 Å². The molecule has 0 aliphatic carbocycles. The Balaban J connectivity index is 2.26. The number of benzene rings is 2. The van der Waals surface area contributed by atoms with Crippen LogP contribution in [0.25, 0.3) is 0 Å². The Kier molecular flexibility index (Phi) is 7.38. The molecule has 152 valence electrons. The number of carbonyl (C=O) groups excluding carboxylic acids is 1. The van der Waals surface area contributed by atoms with E-state index in [9.17, 15) is 13.2 Å². The smallest absolute Gasteiger partial charge is 0.338 e. The Morgan fingerprint density at radius 1 is 1.07 bits per heavy atom. The van der Waals surface area contributed by atoms with Gasteiger partial charge in [-0.1, -0.05) is 22.7 Å². The molecule has 0 aliphatic heterocycles. The van der Waals surface area contributed by atoms with Crippen molar-refractivity contribution in [3.63, 3.8) is 0 Å². The van der Waals surface area contributed by atoms with Gasteiger partial charge in [0.1, 0.15) is 23.0 Å². The van der Waals surface area contributed by atoms with Crippen molar-refractivity contribution in [1.29, 1.82) is 0 Å². The lowest BCUT2D eigenvalue weighted by molar-refractivity contribution is -0.0259. The summed E-state index contributed by atoms with van der Waals surface area (Å²) in [5.41, 5.74) is 0.774. The van der Waals surface area contributed by atoms with Crippen LogP contribution in [-0.2, 0) is 26.2 Å². The average Bonchev–Trinajstić information content (AvgIpc) is 2.71. The first-order valence-corrected chi connectivity index (χ1v) is 9.88. The molecular weight excluding hydrogens is 386 g/mol. The van der Waals surface area contributed by atoms with Gasteiger partial charge in [-0.3, -0.25) is 4.84 Å². The van der Waals surface area contributed by atoms with Gasteiger partial charge in [-0.05, 0) is 31.2 Å². The quantitative estimate of drug-likeness (QED) is 0.464. The highest BCUT2D eigenvalue weighted by Gasteiger charge is 2.26. The van der Waals surface area contributed by atoms with Crippen molar-refractivity contribution in [2.75, 3.05) is 27.9 Å². The van der Waals surface area contributed by atoms with Crippen LogP contribution in [0.1, 0.15) is 22.8 Å². The lowest BCUT2D eigenvalue weighted by Crippen LogP contribution is -2.26. The number of ether oxygens (including phenoxy) is 3. The minimum Gasteiger partial charge on any atom is -0.495 e. The third-order valence-corrected chi connectivity index (χ3v) is 5.60. The molecular formula is C19H23NO7S. The molecule has 0 saturated heterocycles. The Morgan fingerprint density at radius 2 is 1.79 bits per heavy atom. The molecule has 0 N–H and O–H groups in total. The van der Waals surface area contributed by atoms with Crippen LogP contribution in [0, 0.1) is 0 Å². The molecule has 28 heavy (non-hydrogen) atoms. The van der Waals surface area contributed by atoms with E-state index in [1.807, 2.05) is 19.1 Å². The fourth-order valence-corrected chi connectivity index (χ4v) is 3.54. The third kappa shape index (κ3) is 4.80. The number of hydroxylamine groups is 1. The van der Waals surface area contributed by atoms with Crippen molar-refractivity contribution < 1.29 is 32.3 Å². The molecule has 2 aromatic rings. The van der Waals surface area contributed by atoms with Crippen molar-refractivity contribution in [1.82, 2.24) is 4.47 Å². The van der Waals surface area contributed by atoms with Crippen LogP contribution < -0.4 is 9.47 Å². The summed E-state index contributed by atoms with van der Waals surface area (Å²) in [5, 5.41) is 0. The summed E-state index contributed by atoms with van der Waals surface area (Å²) < 4.78 is 41.7. The molecule has 0 saturated carbocycles. The van der Waals surface area contributed by atoms with Gasteiger partial charge in [0.15, 0.2) is 0 Å². The van der Waals surface area contributed by atoms with Crippen molar-refractivity contribution in [2.24, 2.45) is 0 Å². The molecule has 0 aromatic heterocycles. The maximum atomic E-state index is 12.6. The number of carbonyl (C=O) groups is 1. The molecule has 8 nitrogen and oxygen atoms in total. The van der Waals surface area contributed by atoms with E-state index in [-0.39, 0.29) is 22.8 Å². The molecule has 0 amide bonds. The standard InChI is InChI=1S/C19H23NO7S/c1-5-26-16-9-7-6-8-15(16)13-27-19(21)14-10-11-17(24-3)18(12-14)28(22,23)20(2)25-4/h6-12H,5,13H2,1-4H3. The molecule has 0 aliphatic rings. The molecule has 2 aromatic carbocycles. The molecule has 2 rings (SSSR count). The van der Waals surface area contributed by atoms with Crippen LogP contribution in [0.15, 0.2) is 47.4 Å². The number of methoxy groups -OCH3 is 1. The zero-order valence-electron chi connectivity index (χ0n) is 16.2. The normalized spacial score (nSPS) is 11.3. The van der Waals surface area contributed by atoms with Gasteiger partial charge in [-0.15, -0.1) is 0 Å². The number of rotatable bonds is 9. The molecule has 0 unspecified atom stereocenters. The number of para-hydroxylation sites is 1. The Labute approximate surface area is 164 Å². The summed E-state index contributed by atoms with van der Waals surface area (Å²) in [6.07, 6.45) is 0. The van der Waals surface area contributed by atoms with Crippen LogP contribution in [0.4, 0.5) is 0 Å². The van der Waals surface area contributed by atoms with Crippen molar-refractivity contribution in [3.05, 3.63) is 53.6 Å². The second kappa shape index (κ2) is 9.54. The largest absolute Gasteiger partial charge is 0.495 e. The Morgan fingerprint density at radius 3 is 2.43 bits per heavy atom. The topological polar surface area (TPSA) is 91.4 Å². The SMILES string of the molecule is CCOc1ccccc1COC(=O)c1ccc(OC)c(S(=O)(=O)N(C)OC)c1. The molecule has 0 bridgehead atoms. The van der Waals surface area contributed by atoms with Gasteiger partial charge >= 0.3 is 5.97 Å². The van der Waals surface area contributed by atoms with Gasteiger partial charge in [0.05, 0.1) is 26.4 Å². The fourth-order valence-electron chi connectivity index (χ4n) is 2.39. The minimum atomic E-state index is -4.01. The van der Waals surface area contributed by atoms with Gasteiger partial charge < -0.3 is 14.2 Å². The molecule has 0 fully saturated rings. The summed E-state index contributed by atoms with van der Waals surface area (Å²) in [7, 11) is -0.213. The van der Waals surface area contributed by atoms with Crippen molar-refractivity contribution in [3.8, 4) is 11.5 Å². The second-order valence-electron chi connectivity index (χ2n) is 5.58. The third-order valence-electron chi connectivity index (χ3n) is 3.90. The molecule has 0 heterocycles. The first-order valence-electron chi connectivity index (χ1n) is 8.44. The van der Waals surface area contributed by atoms with Gasteiger partial charge in [0, 0.05) is 12.6 Å². The monoisotopic (exact) mass is 409 g/mol. The van der Waals surface area contributed by atoms with Gasteiger partial charge in [0.25, 0.3) is 10.0 Å². The van der Waals surface area contributed by atoms with E-state index in [2.05, 4.69) is 0 Å². The predicted octanol–water partition coefficient (Wildman–Crippen LogP) is 2.63. The van der Waals surface area contributed by atoms with E-state index < -0.39 is 16.0 Å². The van der Waals surface area contributed by atoms with E-state index in [1.165, 1.54) is 39.5 Å². The number of nitrogens with zero attached hydrogens (tertiary/aromatic N) is 1. The first-order chi connectivity index (χ1) is 13.3. The second-order valence-corrected chi connectivity index (χ2v) is 7.48. The predicted molar refractivity (Wildman–Crippen MR) is 102 cm³/mol. The summed E-state index contributed by atoms with van der Waals surface area (Å²) in [6, 6.07) is 11.2. The maximum Gasteiger partial charge on any atom is 0.338 e. The molecule has 0 spiro atoms. The highest BCUT2D eigenvalue weighted by molar-refractivity contribution is 7.89. The minimum absolute atomic E-state index is 0.0128. The number of hydrogen-bond donors (Lipinski definition) is 0. The van der Waals surface area contributed by atoms with Crippen molar-refractivity contribution >= 4 is 16.0 Å². The number of esters is 1. The lowest BCUT2D eigenvalue weighted by atomic mass is 10.2. The number of hydrogen-bond acceptors (Lipinski definition) is 7. The van der Waals surface area contributed by atoms with Crippen LogP contribution in [0.2, 0.25) is 0 Å². The van der Waals surface area contributed by atoms with E-state index >= 15 is 0 Å². The highest BCUT2D eigenvalue weighted by Crippen LogP contribution is 2.28. The van der Waals surface area contributed by atoms with Gasteiger partial charge in [-0.25, -0.2) is 13.2 Å². The Bertz CT molecular complexity index is 928. The van der Waals surface area contributed by atoms with Crippen LogP contribution in [0.3, 0.4) is 0 Å². The highest BCUT2D eigenvalue weighted by atomic mass is 32.2. The average molecular weight is 409 g/mol. The van der Waals surface area contributed by atoms with Gasteiger partial charge in [0.2, 0.25) is 0 Å². The molecule has 0 radical (unpaired) electrons. The zero-order chi connectivity index (χ0) is 20.7. The number of sulfonamides is 1. The molecule has 9 heteroatoms. The first kappa shape index (κ1) is 21.7. The summed E-state index contributed by atoms with van der Waals surface area (Å²) in [5.74, 6) is 0.0325. The summed E-state index contributed by atoms with van der Waals surface area (Å²) in [6.45, 7) is 2.33. The van der Waals surface area contributed by atoms with Gasteiger partial charge in [-0.2, -0.15) is 0 Å². The summed E-state index contributed by atoms with van der Waals surface area (Å²) >= 11 is 0. The van der Waals surface area contributed by atoms with Crippen molar-refractivity contribution in [2.45, 2.75) is 18.4 Å². The molecule has 0 atom stereocenters. The lowest BCUT2D eigenvalue weighted by Gasteiger charge is -2.17. The summed E-state index contributed by atoms with van der Waals surface area (Å²) in [4.78, 5) is 17.0. The Hall–Kier alpha value is -2.62. The van der Waals surface area contributed by atoms with E-state index in [0.717, 1.165) is 0 Å². The van der Waals surface area contributed by atoms with E-state index in [4.69, 9.17) is 19.0 Å². The van der Waals surface area contributed by atoms with Crippen LogP contribution >= 0.6 is 0 Å². The van der Waals surface area contributed by atoms with Crippen LogP contribution in [-0.4, -0.2) is 46.7 Å². The van der Waals surface area contributed by atoms with E-state index in [0.29, 0.717) is 22.4 Å². The zero-order valence-corrected chi connectivity index (χ0v) is 17.0. The fraction of sp³-hybridized carbons (Fsp3) is 0.316.